The molecule has 0 unspecified atom stereocenters. The number of nitro groups is 1. The average Bonchev–Trinajstić information content (AvgIpc) is 2.07. The molecule has 1 rings (SSSR count). The lowest BCUT2D eigenvalue weighted by molar-refractivity contribution is -0.384. The largest absolute Gasteiger partial charge is 0.465 e. The fourth-order valence-electron chi connectivity index (χ4n) is 0.873. The summed E-state index contributed by atoms with van der Waals surface area (Å²) in [6, 6.07) is 3.87. The molecule has 0 radical (unpaired) electrons. The van der Waals surface area contributed by atoms with Gasteiger partial charge in [0.2, 0.25) is 0 Å². The molecule has 0 aromatic heterocycles. The van der Waals surface area contributed by atoms with Gasteiger partial charge >= 0.3 is 6.09 Å². The SMILES string of the molecule is O=C(O)Nc1cccc([N+](=O)[O-])c1Cl. The Hall–Kier alpha value is -1.82. The second kappa shape index (κ2) is 3.93. The highest BCUT2D eigenvalue weighted by Crippen LogP contribution is 2.31. The van der Waals surface area contributed by atoms with Crippen molar-refractivity contribution in [1.82, 2.24) is 0 Å². The number of hydrogen-bond acceptors (Lipinski definition) is 3. The van der Waals surface area contributed by atoms with E-state index in [0.717, 1.165) is 0 Å². The number of amides is 1. The van der Waals surface area contributed by atoms with Gasteiger partial charge in [0.1, 0.15) is 5.02 Å². The molecule has 2 N–H and O–H groups in total. The van der Waals surface area contributed by atoms with Gasteiger partial charge in [-0.05, 0) is 6.07 Å². The zero-order chi connectivity index (χ0) is 10.7. The van der Waals surface area contributed by atoms with Crippen LogP contribution in [0.2, 0.25) is 5.02 Å². The average molecular weight is 217 g/mol. The fourth-order valence-corrected chi connectivity index (χ4v) is 1.11. The molecule has 0 aliphatic heterocycles. The Morgan fingerprint density at radius 1 is 1.57 bits per heavy atom. The van der Waals surface area contributed by atoms with Crippen LogP contribution in [0.1, 0.15) is 0 Å². The third-order valence-electron chi connectivity index (χ3n) is 1.42. The van der Waals surface area contributed by atoms with Crippen molar-refractivity contribution < 1.29 is 14.8 Å². The lowest BCUT2D eigenvalue weighted by atomic mass is 10.3. The minimum Gasteiger partial charge on any atom is -0.465 e. The Labute approximate surface area is 83.3 Å². The van der Waals surface area contributed by atoms with Crippen LogP contribution < -0.4 is 5.32 Å². The molecular formula is C7H5ClN2O4. The molecule has 0 fully saturated rings. The number of nitro benzene ring substituents is 1. The van der Waals surface area contributed by atoms with E-state index in [-0.39, 0.29) is 16.4 Å². The van der Waals surface area contributed by atoms with E-state index in [2.05, 4.69) is 0 Å². The first-order valence-electron chi connectivity index (χ1n) is 3.45. The minimum absolute atomic E-state index is 0.00614. The first-order valence-corrected chi connectivity index (χ1v) is 3.83. The molecule has 0 atom stereocenters. The maximum Gasteiger partial charge on any atom is 0.409 e. The Morgan fingerprint density at radius 3 is 2.71 bits per heavy atom. The lowest BCUT2D eigenvalue weighted by Crippen LogP contribution is -2.08. The van der Waals surface area contributed by atoms with Gasteiger partial charge in [-0.15, -0.1) is 0 Å². The highest BCUT2D eigenvalue weighted by Gasteiger charge is 2.16. The van der Waals surface area contributed by atoms with Crippen LogP contribution in [0.5, 0.6) is 0 Å². The van der Waals surface area contributed by atoms with E-state index >= 15 is 0 Å². The van der Waals surface area contributed by atoms with Crippen LogP contribution in [0.15, 0.2) is 18.2 Å². The van der Waals surface area contributed by atoms with E-state index in [9.17, 15) is 14.9 Å². The van der Waals surface area contributed by atoms with E-state index in [4.69, 9.17) is 16.7 Å². The number of halogens is 1. The summed E-state index contributed by atoms with van der Waals surface area (Å²) in [5.74, 6) is 0. The number of carbonyl (C=O) groups is 1. The van der Waals surface area contributed by atoms with Crippen LogP contribution >= 0.6 is 11.6 Å². The summed E-state index contributed by atoms with van der Waals surface area (Å²) in [7, 11) is 0. The van der Waals surface area contributed by atoms with E-state index in [0.29, 0.717) is 0 Å². The van der Waals surface area contributed by atoms with Crippen molar-refractivity contribution in [2.24, 2.45) is 0 Å². The molecule has 0 saturated heterocycles. The predicted octanol–water partition coefficient (Wildman–Crippen LogP) is 2.34. The molecule has 74 valence electrons. The summed E-state index contributed by atoms with van der Waals surface area (Å²) < 4.78 is 0. The van der Waals surface area contributed by atoms with Gasteiger partial charge in [0, 0.05) is 6.07 Å². The van der Waals surface area contributed by atoms with E-state index in [1.54, 1.807) is 0 Å². The highest BCUT2D eigenvalue weighted by atomic mass is 35.5. The topological polar surface area (TPSA) is 92.5 Å². The number of nitrogens with zero attached hydrogens (tertiary/aromatic N) is 1. The summed E-state index contributed by atoms with van der Waals surface area (Å²) in [6.07, 6.45) is -1.33. The zero-order valence-corrected chi connectivity index (χ0v) is 7.49. The van der Waals surface area contributed by atoms with Gasteiger partial charge in [0.25, 0.3) is 5.69 Å². The van der Waals surface area contributed by atoms with Gasteiger partial charge in [0.05, 0.1) is 10.6 Å². The normalized spacial score (nSPS) is 9.50. The quantitative estimate of drug-likeness (QED) is 0.586. The molecule has 0 aliphatic rings. The summed E-state index contributed by atoms with van der Waals surface area (Å²) in [4.78, 5) is 20.0. The number of hydrogen-bond donors (Lipinski definition) is 2. The van der Waals surface area contributed by atoms with Crippen molar-refractivity contribution in [2.45, 2.75) is 0 Å². The summed E-state index contributed by atoms with van der Waals surface area (Å²) in [5, 5.41) is 20.5. The van der Waals surface area contributed by atoms with E-state index < -0.39 is 11.0 Å². The van der Waals surface area contributed by atoms with Gasteiger partial charge in [-0.25, -0.2) is 4.79 Å². The number of benzene rings is 1. The number of carboxylic acid groups (broad SMARTS) is 1. The van der Waals surface area contributed by atoms with E-state index in [1.165, 1.54) is 18.2 Å². The van der Waals surface area contributed by atoms with Gasteiger partial charge < -0.3 is 5.11 Å². The molecule has 6 nitrogen and oxygen atoms in total. The maximum absolute atomic E-state index is 10.4. The van der Waals surface area contributed by atoms with Crippen molar-refractivity contribution in [3.8, 4) is 0 Å². The fraction of sp³-hybridized carbons (Fsp3) is 0. The number of anilines is 1. The predicted molar refractivity (Wildman–Crippen MR) is 49.8 cm³/mol. The molecule has 1 amide bonds. The molecular weight excluding hydrogens is 212 g/mol. The summed E-state index contributed by atoms with van der Waals surface area (Å²) in [5.41, 5.74) is -0.341. The van der Waals surface area contributed by atoms with Crippen LogP contribution in [0.25, 0.3) is 0 Å². The molecule has 0 spiro atoms. The van der Waals surface area contributed by atoms with Gasteiger partial charge in [0.15, 0.2) is 0 Å². The highest BCUT2D eigenvalue weighted by molar-refractivity contribution is 6.35. The van der Waals surface area contributed by atoms with Crippen LogP contribution in [0, 0.1) is 10.1 Å². The molecule has 1 aromatic carbocycles. The molecule has 14 heavy (non-hydrogen) atoms. The van der Waals surface area contributed by atoms with Crippen molar-refractivity contribution >= 4 is 29.1 Å². The van der Waals surface area contributed by atoms with Crippen LogP contribution in [0.4, 0.5) is 16.2 Å². The third kappa shape index (κ3) is 2.11. The maximum atomic E-state index is 10.4. The second-order valence-corrected chi connectivity index (χ2v) is 2.70. The Kier molecular flexibility index (Phi) is 2.88. The van der Waals surface area contributed by atoms with Crippen molar-refractivity contribution in [1.29, 1.82) is 0 Å². The molecule has 0 heterocycles. The van der Waals surface area contributed by atoms with Gasteiger partial charge in [-0.1, -0.05) is 17.7 Å². The first-order chi connectivity index (χ1) is 6.52. The monoisotopic (exact) mass is 216 g/mol. The number of rotatable bonds is 2. The van der Waals surface area contributed by atoms with Crippen LogP contribution in [0.3, 0.4) is 0 Å². The standard InChI is InChI=1S/C7H5ClN2O4/c8-6-4(9-7(11)12)2-1-3-5(6)10(13)14/h1-3,9H,(H,11,12). The van der Waals surface area contributed by atoms with Crippen LogP contribution in [-0.2, 0) is 0 Å². The Morgan fingerprint density at radius 2 is 2.21 bits per heavy atom. The first kappa shape index (κ1) is 10.3. The molecule has 0 bridgehead atoms. The van der Waals surface area contributed by atoms with E-state index in [1.807, 2.05) is 5.32 Å². The molecule has 7 heteroatoms. The van der Waals surface area contributed by atoms with Crippen LogP contribution in [-0.4, -0.2) is 16.1 Å². The summed E-state index contributed by atoms with van der Waals surface area (Å²) in [6.45, 7) is 0. The van der Waals surface area contributed by atoms with Gasteiger partial charge in [-0.3, -0.25) is 15.4 Å². The van der Waals surface area contributed by atoms with Crippen molar-refractivity contribution in [3.05, 3.63) is 33.3 Å². The second-order valence-electron chi connectivity index (χ2n) is 2.33. The molecule has 1 aromatic rings. The zero-order valence-electron chi connectivity index (χ0n) is 6.73. The van der Waals surface area contributed by atoms with Crippen molar-refractivity contribution in [2.75, 3.05) is 5.32 Å². The Balaban J connectivity index is 3.13. The van der Waals surface area contributed by atoms with Gasteiger partial charge in [-0.2, -0.15) is 0 Å². The smallest absolute Gasteiger partial charge is 0.409 e. The molecule has 0 aliphatic carbocycles. The Bertz CT molecular complexity index is 393. The number of nitrogens with one attached hydrogen (secondary N) is 1. The third-order valence-corrected chi connectivity index (χ3v) is 1.81. The molecule has 0 saturated carbocycles. The minimum atomic E-state index is -1.33. The van der Waals surface area contributed by atoms with Crippen molar-refractivity contribution in [3.63, 3.8) is 0 Å². The lowest BCUT2D eigenvalue weighted by Gasteiger charge is -2.02. The summed E-state index contributed by atoms with van der Waals surface area (Å²) >= 11 is 5.58.